The van der Waals surface area contributed by atoms with Crippen molar-refractivity contribution in [2.24, 2.45) is 5.73 Å². The van der Waals surface area contributed by atoms with E-state index in [2.05, 4.69) is 0 Å². The highest BCUT2D eigenvalue weighted by molar-refractivity contribution is 5.44. The first-order chi connectivity index (χ1) is 6.88. The van der Waals surface area contributed by atoms with Crippen molar-refractivity contribution < 1.29 is 9.13 Å². The Morgan fingerprint density at radius 2 is 2.00 bits per heavy atom. The molecule has 2 nitrogen and oxygen atoms in total. The van der Waals surface area contributed by atoms with Gasteiger partial charge in [0.05, 0.1) is 7.11 Å². The summed E-state index contributed by atoms with van der Waals surface area (Å²) >= 11 is 0. The highest BCUT2D eigenvalue weighted by Gasteiger charge is 2.24. The van der Waals surface area contributed by atoms with Gasteiger partial charge in [-0.3, -0.25) is 0 Å². The van der Waals surface area contributed by atoms with Crippen LogP contribution >= 0.6 is 0 Å². The number of hydrogen-bond donors (Lipinski definition) is 1. The van der Waals surface area contributed by atoms with E-state index in [9.17, 15) is 4.39 Å². The molecule has 0 fully saturated rings. The van der Waals surface area contributed by atoms with Crippen molar-refractivity contribution in [3.63, 3.8) is 0 Å². The van der Waals surface area contributed by atoms with E-state index in [0.29, 0.717) is 11.3 Å². The maximum atomic E-state index is 13.5. The normalized spacial score (nSPS) is 13.7. The van der Waals surface area contributed by atoms with Crippen LogP contribution < -0.4 is 10.5 Å². The first-order valence-electron chi connectivity index (χ1n) is 4.98. The predicted octanol–water partition coefficient (Wildman–Crippen LogP) is 2.92. The molecule has 0 aromatic heterocycles. The first-order valence-corrected chi connectivity index (χ1v) is 4.98. The molecule has 0 amide bonds. The van der Waals surface area contributed by atoms with E-state index in [0.717, 1.165) is 5.56 Å². The summed E-state index contributed by atoms with van der Waals surface area (Å²) in [7, 11) is 1.54. The van der Waals surface area contributed by atoms with Gasteiger partial charge in [0.1, 0.15) is 11.9 Å². The van der Waals surface area contributed by atoms with Crippen LogP contribution in [-0.4, -0.2) is 7.11 Å². The van der Waals surface area contributed by atoms with Gasteiger partial charge in [-0.2, -0.15) is 0 Å². The van der Waals surface area contributed by atoms with Crippen LogP contribution in [-0.2, 0) is 5.54 Å². The van der Waals surface area contributed by atoms with E-state index in [-0.39, 0.29) is 0 Å². The van der Waals surface area contributed by atoms with E-state index in [1.165, 1.54) is 14.0 Å². The van der Waals surface area contributed by atoms with Gasteiger partial charge in [-0.05, 0) is 32.4 Å². The summed E-state index contributed by atoms with van der Waals surface area (Å²) in [5, 5.41) is 0. The van der Waals surface area contributed by atoms with Gasteiger partial charge < -0.3 is 10.5 Å². The van der Waals surface area contributed by atoms with Crippen molar-refractivity contribution in [1.29, 1.82) is 0 Å². The quantitative estimate of drug-likeness (QED) is 0.834. The summed E-state index contributed by atoms with van der Waals surface area (Å²) in [4.78, 5) is 0. The Hall–Kier alpha value is -1.09. The first kappa shape index (κ1) is 12.0. The van der Waals surface area contributed by atoms with Gasteiger partial charge in [0.25, 0.3) is 0 Å². The third-order valence-corrected chi connectivity index (χ3v) is 2.38. The Labute approximate surface area is 90.2 Å². The second kappa shape index (κ2) is 4.19. The monoisotopic (exact) mass is 211 g/mol. The molecule has 1 rings (SSSR count). The van der Waals surface area contributed by atoms with Crippen molar-refractivity contribution in [3.05, 3.63) is 29.3 Å². The van der Waals surface area contributed by atoms with Gasteiger partial charge in [-0.25, -0.2) is 4.39 Å². The van der Waals surface area contributed by atoms with Gasteiger partial charge in [-0.1, -0.05) is 12.1 Å². The molecule has 0 aliphatic rings. The van der Waals surface area contributed by atoms with Crippen LogP contribution in [0.2, 0.25) is 0 Å². The summed E-state index contributed by atoms with van der Waals surface area (Å²) < 4.78 is 18.7. The molecule has 0 heterocycles. The summed E-state index contributed by atoms with van der Waals surface area (Å²) in [5.41, 5.74) is 6.77. The Morgan fingerprint density at radius 1 is 1.40 bits per heavy atom. The summed E-state index contributed by atoms with van der Waals surface area (Å²) in [6, 6.07) is 5.42. The van der Waals surface area contributed by atoms with Crippen molar-refractivity contribution in [2.75, 3.05) is 7.11 Å². The molecule has 1 atom stereocenters. The average molecular weight is 211 g/mol. The molecule has 0 aliphatic carbocycles. The number of alkyl halides is 1. The second-order valence-corrected chi connectivity index (χ2v) is 4.26. The van der Waals surface area contributed by atoms with E-state index < -0.39 is 11.7 Å². The van der Waals surface area contributed by atoms with Gasteiger partial charge in [-0.15, -0.1) is 0 Å². The fourth-order valence-corrected chi connectivity index (χ4v) is 1.69. The highest BCUT2D eigenvalue weighted by Crippen LogP contribution is 2.35. The van der Waals surface area contributed by atoms with Gasteiger partial charge in [0, 0.05) is 11.1 Å². The molecule has 1 unspecified atom stereocenters. The van der Waals surface area contributed by atoms with Crippen LogP contribution in [0.1, 0.15) is 38.1 Å². The third-order valence-electron chi connectivity index (χ3n) is 2.38. The fourth-order valence-electron chi connectivity index (χ4n) is 1.69. The summed E-state index contributed by atoms with van der Waals surface area (Å²) in [6.45, 7) is 5.20. The molecule has 15 heavy (non-hydrogen) atoms. The van der Waals surface area contributed by atoms with Crippen molar-refractivity contribution >= 4 is 0 Å². The van der Waals surface area contributed by atoms with Crippen LogP contribution in [0.5, 0.6) is 5.75 Å². The van der Waals surface area contributed by atoms with Gasteiger partial charge in [0.2, 0.25) is 0 Å². The molecular weight excluding hydrogens is 193 g/mol. The number of hydrogen-bond acceptors (Lipinski definition) is 2. The standard InChI is InChI=1S/C12H18FNO/c1-8(13)11-9(12(2,3)14)6-5-7-10(11)15-4/h5-8H,14H2,1-4H3. The lowest BCUT2D eigenvalue weighted by Crippen LogP contribution is -2.30. The van der Waals surface area contributed by atoms with E-state index in [1.807, 2.05) is 26.0 Å². The molecule has 0 saturated carbocycles. The van der Waals surface area contributed by atoms with Crippen LogP contribution in [0.3, 0.4) is 0 Å². The van der Waals surface area contributed by atoms with Crippen LogP contribution in [0.15, 0.2) is 18.2 Å². The fraction of sp³-hybridized carbons (Fsp3) is 0.500. The molecule has 0 aliphatic heterocycles. The third kappa shape index (κ3) is 2.48. The zero-order valence-electron chi connectivity index (χ0n) is 9.67. The number of rotatable bonds is 3. The number of benzene rings is 1. The van der Waals surface area contributed by atoms with Crippen LogP contribution in [0.4, 0.5) is 4.39 Å². The van der Waals surface area contributed by atoms with Gasteiger partial charge in [0.15, 0.2) is 0 Å². The molecule has 0 saturated heterocycles. The molecule has 0 spiro atoms. The topological polar surface area (TPSA) is 35.2 Å². The predicted molar refractivity (Wildman–Crippen MR) is 59.7 cm³/mol. The van der Waals surface area contributed by atoms with Gasteiger partial charge >= 0.3 is 0 Å². The molecular formula is C12H18FNO. The largest absolute Gasteiger partial charge is 0.496 e. The lowest BCUT2D eigenvalue weighted by molar-refractivity contribution is 0.338. The zero-order valence-corrected chi connectivity index (χ0v) is 9.67. The smallest absolute Gasteiger partial charge is 0.126 e. The Balaban J connectivity index is 3.39. The SMILES string of the molecule is COc1cccc(C(C)(C)N)c1C(C)F. The summed E-state index contributed by atoms with van der Waals surface area (Å²) in [5.74, 6) is 0.557. The average Bonchev–Trinajstić information content (AvgIpc) is 2.15. The number of ether oxygens (including phenoxy) is 1. The second-order valence-electron chi connectivity index (χ2n) is 4.26. The van der Waals surface area contributed by atoms with E-state index in [4.69, 9.17) is 10.5 Å². The number of methoxy groups -OCH3 is 1. The molecule has 2 N–H and O–H groups in total. The minimum absolute atomic E-state index is 0.549. The molecule has 0 bridgehead atoms. The maximum Gasteiger partial charge on any atom is 0.126 e. The molecule has 1 aromatic carbocycles. The van der Waals surface area contributed by atoms with Crippen molar-refractivity contribution in [1.82, 2.24) is 0 Å². The van der Waals surface area contributed by atoms with Crippen molar-refractivity contribution in [3.8, 4) is 5.75 Å². The van der Waals surface area contributed by atoms with Crippen LogP contribution in [0, 0.1) is 0 Å². The van der Waals surface area contributed by atoms with Crippen LogP contribution in [0.25, 0.3) is 0 Å². The minimum atomic E-state index is -1.08. The Morgan fingerprint density at radius 3 is 2.40 bits per heavy atom. The Kier molecular flexibility index (Phi) is 3.35. The summed E-state index contributed by atoms with van der Waals surface area (Å²) in [6.07, 6.45) is -1.08. The van der Waals surface area contributed by atoms with Crippen molar-refractivity contribution in [2.45, 2.75) is 32.5 Å². The number of halogens is 1. The maximum absolute atomic E-state index is 13.5. The molecule has 84 valence electrons. The zero-order chi connectivity index (χ0) is 11.6. The minimum Gasteiger partial charge on any atom is -0.496 e. The molecule has 1 aromatic rings. The molecule has 3 heteroatoms. The molecule has 0 radical (unpaired) electrons. The van der Waals surface area contributed by atoms with E-state index >= 15 is 0 Å². The lowest BCUT2D eigenvalue weighted by atomic mass is 9.89. The number of nitrogens with two attached hydrogens (primary N) is 1. The lowest BCUT2D eigenvalue weighted by Gasteiger charge is -2.25. The highest BCUT2D eigenvalue weighted by atomic mass is 19.1. The Bertz CT molecular complexity index is 342. The van der Waals surface area contributed by atoms with E-state index in [1.54, 1.807) is 6.07 Å².